The lowest BCUT2D eigenvalue weighted by Crippen LogP contribution is -2.39. The first kappa shape index (κ1) is 14.4. The molecule has 2 rings (SSSR count). The van der Waals surface area contributed by atoms with Crippen LogP contribution in [-0.4, -0.2) is 27.9 Å². The molecule has 1 amide bonds. The Morgan fingerprint density at radius 2 is 1.75 bits per heavy atom. The van der Waals surface area contributed by atoms with Crippen LogP contribution in [0.4, 0.5) is 13.2 Å². The van der Waals surface area contributed by atoms with Gasteiger partial charge in [0, 0.05) is 13.0 Å². The van der Waals surface area contributed by atoms with Crippen molar-refractivity contribution in [1.29, 1.82) is 0 Å². The largest absolute Gasteiger partial charge is 0.479 e. The average molecular weight is 287 g/mol. The van der Waals surface area contributed by atoms with Crippen LogP contribution in [0.1, 0.15) is 31.4 Å². The van der Waals surface area contributed by atoms with Gasteiger partial charge in [-0.1, -0.05) is 0 Å². The first-order valence-electron chi connectivity index (χ1n) is 5.99. The average Bonchev–Trinajstić information content (AvgIpc) is 3.15. The molecule has 1 aromatic carbocycles. The number of hydrogen-bond acceptors (Lipinski definition) is 2. The highest BCUT2D eigenvalue weighted by Gasteiger charge is 2.40. The monoisotopic (exact) mass is 287 g/mol. The zero-order chi connectivity index (χ0) is 15.0. The van der Waals surface area contributed by atoms with Gasteiger partial charge in [0.15, 0.2) is 23.5 Å². The first-order chi connectivity index (χ1) is 9.32. The van der Waals surface area contributed by atoms with Gasteiger partial charge >= 0.3 is 5.97 Å². The number of carboxylic acids is 1. The van der Waals surface area contributed by atoms with Gasteiger partial charge in [0.05, 0.1) is 0 Å². The van der Waals surface area contributed by atoms with E-state index in [0.717, 1.165) is 4.90 Å². The smallest absolute Gasteiger partial charge is 0.331 e. The van der Waals surface area contributed by atoms with Gasteiger partial charge in [0.25, 0.3) is 0 Å². The molecule has 0 aliphatic heterocycles. The molecule has 1 unspecified atom stereocenters. The number of nitrogens with zero attached hydrogens (tertiary/aromatic N) is 1. The van der Waals surface area contributed by atoms with E-state index in [4.69, 9.17) is 0 Å². The second-order valence-electron chi connectivity index (χ2n) is 4.70. The van der Waals surface area contributed by atoms with Gasteiger partial charge in [-0.3, -0.25) is 4.79 Å². The van der Waals surface area contributed by atoms with E-state index in [9.17, 15) is 27.9 Å². The molecule has 4 nitrogen and oxygen atoms in total. The third kappa shape index (κ3) is 2.61. The molecule has 108 valence electrons. The summed E-state index contributed by atoms with van der Waals surface area (Å²) in [6.07, 6.45) is 1.27. The summed E-state index contributed by atoms with van der Waals surface area (Å²) in [5.74, 6) is -6.56. The van der Waals surface area contributed by atoms with Crippen LogP contribution in [0, 0.1) is 17.5 Å². The quantitative estimate of drug-likeness (QED) is 0.864. The van der Waals surface area contributed by atoms with Crippen LogP contribution in [0.25, 0.3) is 0 Å². The van der Waals surface area contributed by atoms with Crippen LogP contribution in [0.5, 0.6) is 0 Å². The second kappa shape index (κ2) is 5.15. The van der Waals surface area contributed by atoms with E-state index in [0.29, 0.717) is 25.0 Å². The molecule has 1 aliphatic carbocycles. The number of halogens is 3. The van der Waals surface area contributed by atoms with E-state index in [1.54, 1.807) is 0 Å². The topological polar surface area (TPSA) is 57.6 Å². The molecule has 20 heavy (non-hydrogen) atoms. The number of rotatable bonds is 4. The number of benzene rings is 1. The third-order valence-corrected chi connectivity index (χ3v) is 3.14. The van der Waals surface area contributed by atoms with Gasteiger partial charge in [-0.15, -0.1) is 0 Å². The zero-order valence-corrected chi connectivity index (χ0v) is 10.6. The Kier molecular flexibility index (Phi) is 3.69. The van der Waals surface area contributed by atoms with Crippen molar-refractivity contribution in [2.24, 2.45) is 0 Å². The van der Waals surface area contributed by atoms with E-state index in [1.165, 1.54) is 6.92 Å². The van der Waals surface area contributed by atoms with E-state index in [-0.39, 0.29) is 11.6 Å². The van der Waals surface area contributed by atoms with Crippen LogP contribution in [0.2, 0.25) is 0 Å². The third-order valence-electron chi connectivity index (χ3n) is 3.14. The van der Waals surface area contributed by atoms with E-state index in [2.05, 4.69) is 0 Å². The Morgan fingerprint density at radius 3 is 2.10 bits per heavy atom. The Labute approximate surface area is 112 Å². The highest BCUT2D eigenvalue weighted by molar-refractivity contribution is 5.84. The van der Waals surface area contributed by atoms with Crippen molar-refractivity contribution < 1.29 is 27.9 Å². The number of carbonyl (C=O) groups is 2. The molecule has 0 bridgehead atoms. The first-order valence-corrected chi connectivity index (χ1v) is 5.99. The molecule has 1 saturated carbocycles. The number of carbonyl (C=O) groups excluding carboxylic acids is 1. The minimum atomic E-state index is -1.67. The highest BCUT2D eigenvalue weighted by atomic mass is 19.2. The molecule has 1 aliphatic rings. The Balaban J connectivity index is 2.48. The van der Waals surface area contributed by atoms with Gasteiger partial charge in [0.2, 0.25) is 5.91 Å². The molecule has 0 aromatic heterocycles. The SMILES string of the molecule is CC(=O)N(C1CC1)C(C(=O)O)c1cc(F)c(F)c(F)c1. The molecular weight excluding hydrogens is 275 g/mol. The maximum atomic E-state index is 13.2. The van der Waals surface area contributed by atoms with Crippen molar-refractivity contribution in [2.45, 2.75) is 31.8 Å². The predicted octanol–water partition coefficient (Wildman–Crippen LogP) is 2.24. The number of aliphatic carboxylic acids is 1. The lowest BCUT2D eigenvalue weighted by atomic mass is 10.0. The normalized spacial score (nSPS) is 15.8. The van der Waals surface area contributed by atoms with Crippen molar-refractivity contribution >= 4 is 11.9 Å². The highest BCUT2D eigenvalue weighted by Crippen LogP contribution is 2.35. The summed E-state index contributed by atoms with van der Waals surface area (Å²) < 4.78 is 39.4. The van der Waals surface area contributed by atoms with Crippen LogP contribution in [-0.2, 0) is 9.59 Å². The maximum absolute atomic E-state index is 13.2. The molecule has 1 aromatic rings. The summed E-state index contributed by atoms with van der Waals surface area (Å²) in [6.45, 7) is 1.19. The van der Waals surface area contributed by atoms with E-state index >= 15 is 0 Å². The molecular formula is C13H12F3NO3. The number of hydrogen-bond donors (Lipinski definition) is 1. The fourth-order valence-electron chi connectivity index (χ4n) is 2.16. The molecule has 0 radical (unpaired) electrons. The second-order valence-corrected chi connectivity index (χ2v) is 4.70. The zero-order valence-electron chi connectivity index (χ0n) is 10.6. The van der Waals surface area contributed by atoms with Gasteiger partial charge in [-0.2, -0.15) is 0 Å². The molecule has 1 N–H and O–H groups in total. The number of amides is 1. The molecule has 7 heteroatoms. The Bertz CT molecular complexity index is 549. The van der Waals surface area contributed by atoms with Crippen LogP contribution < -0.4 is 0 Å². The van der Waals surface area contributed by atoms with Crippen molar-refractivity contribution in [3.05, 3.63) is 35.1 Å². The summed E-state index contributed by atoms with van der Waals surface area (Å²) >= 11 is 0. The van der Waals surface area contributed by atoms with Crippen LogP contribution in [0.3, 0.4) is 0 Å². The summed E-state index contributed by atoms with van der Waals surface area (Å²) in [5.41, 5.74) is -0.295. The summed E-state index contributed by atoms with van der Waals surface area (Å²) in [5, 5.41) is 9.24. The predicted molar refractivity (Wildman–Crippen MR) is 62.2 cm³/mol. The van der Waals surface area contributed by atoms with Gasteiger partial charge in [0.1, 0.15) is 0 Å². The Morgan fingerprint density at radius 1 is 1.25 bits per heavy atom. The summed E-state index contributed by atoms with van der Waals surface area (Å²) in [6, 6.07) is -0.570. The lowest BCUT2D eigenvalue weighted by molar-refractivity contribution is -0.150. The summed E-state index contributed by atoms with van der Waals surface area (Å²) in [4.78, 5) is 24.0. The fraction of sp³-hybridized carbons (Fsp3) is 0.385. The minimum absolute atomic E-state index is 0.259. The lowest BCUT2D eigenvalue weighted by Gasteiger charge is -2.28. The molecule has 0 saturated heterocycles. The van der Waals surface area contributed by atoms with Crippen molar-refractivity contribution in [3.8, 4) is 0 Å². The van der Waals surface area contributed by atoms with Gasteiger partial charge < -0.3 is 10.0 Å². The maximum Gasteiger partial charge on any atom is 0.331 e. The van der Waals surface area contributed by atoms with Crippen molar-refractivity contribution in [1.82, 2.24) is 4.90 Å². The molecule has 0 heterocycles. The van der Waals surface area contributed by atoms with E-state index in [1.807, 2.05) is 0 Å². The minimum Gasteiger partial charge on any atom is -0.479 e. The fourth-order valence-corrected chi connectivity index (χ4v) is 2.16. The van der Waals surface area contributed by atoms with Gasteiger partial charge in [-0.05, 0) is 30.5 Å². The van der Waals surface area contributed by atoms with E-state index < -0.39 is 35.4 Å². The Hall–Kier alpha value is -2.05. The molecule has 0 spiro atoms. The molecule has 1 atom stereocenters. The van der Waals surface area contributed by atoms with Gasteiger partial charge in [-0.25, -0.2) is 18.0 Å². The standard InChI is InChI=1S/C13H12F3NO3/c1-6(18)17(8-2-3-8)12(13(19)20)7-4-9(14)11(16)10(15)5-7/h4-5,8,12H,2-3H2,1H3,(H,19,20). The van der Waals surface area contributed by atoms with Crippen molar-refractivity contribution in [3.63, 3.8) is 0 Å². The van der Waals surface area contributed by atoms with Crippen LogP contribution in [0.15, 0.2) is 12.1 Å². The number of carboxylic acid groups (broad SMARTS) is 1. The van der Waals surface area contributed by atoms with Crippen molar-refractivity contribution in [2.75, 3.05) is 0 Å². The van der Waals surface area contributed by atoms with Crippen LogP contribution >= 0.6 is 0 Å². The summed E-state index contributed by atoms with van der Waals surface area (Å²) in [7, 11) is 0. The molecule has 1 fully saturated rings.